The number of anilines is 3. The zero-order chi connectivity index (χ0) is 27.9. The van der Waals surface area contributed by atoms with Gasteiger partial charge in [-0.1, -0.05) is 29.3 Å². The number of carbonyl (C=O) groups excluding carboxylic acids is 3. The predicted molar refractivity (Wildman–Crippen MR) is 141 cm³/mol. The lowest BCUT2D eigenvalue weighted by Gasteiger charge is -2.13. The summed E-state index contributed by atoms with van der Waals surface area (Å²) in [5, 5.41) is 7.19. The Kier molecular flexibility index (Phi) is 7.86. The highest BCUT2D eigenvalue weighted by Crippen LogP contribution is 2.65. The Morgan fingerprint density at radius 2 is 1.53 bits per heavy atom. The molecule has 3 aromatic rings. The van der Waals surface area contributed by atoms with Gasteiger partial charge in [0.25, 0.3) is 5.91 Å². The lowest BCUT2D eigenvalue weighted by Crippen LogP contribution is -2.19. The van der Waals surface area contributed by atoms with Crippen molar-refractivity contribution in [3.8, 4) is 0 Å². The van der Waals surface area contributed by atoms with Crippen LogP contribution in [-0.2, 0) is 9.59 Å². The van der Waals surface area contributed by atoms with E-state index in [1.807, 2.05) is 5.32 Å². The van der Waals surface area contributed by atoms with Crippen LogP contribution in [0.3, 0.4) is 0 Å². The third-order valence-corrected chi connectivity index (χ3v) is 7.44. The molecular weight excluding hydrogens is 589 g/mol. The van der Waals surface area contributed by atoms with Gasteiger partial charge in [0.1, 0.15) is 21.7 Å². The summed E-state index contributed by atoms with van der Waals surface area (Å²) in [5.41, 5.74) is -1.33. The summed E-state index contributed by atoms with van der Waals surface area (Å²) in [6.45, 7) is 1.11. The van der Waals surface area contributed by atoms with Crippen LogP contribution in [0.1, 0.15) is 28.8 Å². The van der Waals surface area contributed by atoms with Gasteiger partial charge in [-0.25, -0.2) is 13.2 Å². The maximum atomic E-state index is 14.7. The van der Waals surface area contributed by atoms with Crippen LogP contribution < -0.4 is 16.0 Å². The normalized spacial score (nSPS) is 17.5. The average Bonchev–Trinajstić information content (AvgIpc) is 3.43. The van der Waals surface area contributed by atoms with E-state index in [1.165, 1.54) is 6.07 Å². The summed E-state index contributed by atoms with van der Waals surface area (Å²) in [6, 6.07) is 9.56. The number of hydrogen-bond acceptors (Lipinski definition) is 3. The number of benzene rings is 3. The number of halogens is 7. The van der Waals surface area contributed by atoms with Crippen LogP contribution >= 0.6 is 46.4 Å². The Labute approximate surface area is 234 Å². The molecule has 38 heavy (non-hydrogen) atoms. The summed E-state index contributed by atoms with van der Waals surface area (Å²) in [6.07, 6.45) is 0. The molecule has 0 saturated heterocycles. The zero-order valence-corrected chi connectivity index (χ0v) is 22.2. The first-order chi connectivity index (χ1) is 17.8. The van der Waals surface area contributed by atoms with Crippen LogP contribution in [0, 0.1) is 23.4 Å². The maximum Gasteiger partial charge on any atom is 0.258 e. The molecule has 0 radical (unpaired) electrons. The second-order valence-corrected chi connectivity index (χ2v) is 10.7. The van der Waals surface area contributed by atoms with E-state index in [0.29, 0.717) is 10.6 Å². The molecule has 4 rings (SSSR count). The molecule has 13 heteroatoms. The second kappa shape index (κ2) is 10.6. The Hall–Kier alpha value is -2.98. The molecular formula is C25H16Cl4F3N3O3. The molecule has 198 valence electrons. The van der Waals surface area contributed by atoms with Crippen LogP contribution in [0.15, 0.2) is 48.5 Å². The quantitative estimate of drug-likeness (QED) is 0.261. The van der Waals surface area contributed by atoms with E-state index in [4.69, 9.17) is 46.4 Å². The van der Waals surface area contributed by atoms with Gasteiger partial charge < -0.3 is 16.0 Å². The Morgan fingerprint density at radius 1 is 0.842 bits per heavy atom. The van der Waals surface area contributed by atoms with E-state index in [-0.39, 0.29) is 16.4 Å². The van der Waals surface area contributed by atoms with Crippen molar-refractivity contribution >= 4 is 81.2 Å². The van der Waals surface area contributed by atoms with Gasteiger partial charge in [-0.2, -0.15) is 0 Å². The summed E-state index contributed by atoms with van der Waals surface area (Å²) >= 11 is 24.7. The molecule has 0 heterocycles. The van der Waals surface area contributed by atoms with Crippen LogP contribution in [0.2, 0.25) is 10.0 Å². The summed E-state index contributed by atoms with van der Waals surface area (Å²) < 4.78 is 41.9. The molecule has 1 aliphatic rings. The topological polar surface area (TPSA) is 87.3 Å². The number of rotatable bonds is 6. The molecule has 0 aromatic heterocycles. The summed E-state index contributed by atoms with van der Waals surface area (Å²) in [4.78, 5) is 36.9. The molecule has 0 aliphatic heterocycles. The first-order valence-electron chi connectivity index (χ1n) is 10.8. The number of nitrogens with one attached hydrogen (secondary N) is 3. The third kappa shape index (κ3) is 5.56. The molecule has 0 spiro atoms. The fourth-order valence-corrected chi connectivity index (χ4v) is 5.04. The molecule has 0 unspecified atom stereocenters. The monoisotopic (exact) mass is 603 g/mol. The largest absolute Gasteiger partial charge is 0.326 e. The number of amides is 3. The standard InChI is InChI=1S/C25H16Cl4F3N3O3/c1-10(36)33-18-7-6-17(31)22(21(18)32)35-23(37)13-9-12(3-5-16(13)30)34-24(38)20-19(25(20,28)29)11-2-4-14(26)15(27)8-11/h2-9,19-20H,1H3,(H,33,36)(H,34,38)(H,35,37)/t19-,20+/m0/s1. The smallest absolute Gasteiger partial charge is 0.258 e. The van der Waals surface area contributed by atoms with Gasteiger partial charge in [-0.15, -0.1) is 23.2 Å². The maximum absolute atomic E-state index is 14.7. The van der Waals surface area contributed by atoms with Gasteiger partial charge in [0.15, 0.2) is 5.82 Å². The summed E-state index contributed by atoms with van der Waals surface area (Å²) in [5.74, 6) is -7.43. The second-order valence-electron chi connectivity index (χ2n) is 8.41. The lowest BCUT2D eigenvalue weighted by atomic mass is 10.1. The number of hydrogen-bond donors (Lipinski definition) is 3. The van der Waals surface area contributed by atoms with E-state index in [0.717, 1.165) is 31.2 Å². The van der Waals surface area contributed by atoms with Crippen molar-refractivity contribution in [1.82, 2.24) is 0 Å². The molecule has 1 saturated carbocycles. The van der Waals surface area contributed by atoms with Crippen molar-refractivity contribution in [3.05, 3.63) is 87.2 Å². The van der Waals surface area contributed by atoms with E-state index < -0.39 is 62.6 Å². The number of carbonyl (C=O) groups is 3. The fourth-order valence-electron chi connectivity index (χ4n) is 3.90. The van der Waals surface area contributed by atoms with E-state index >= 15 is 0 Å². The van der Waals surface area contributed by atoms with Gasteiger partial charge in [-0.3, -0.25) is 14.4 Å². The molecule has 6 nitrogen and oxygen atoms in total. The zero-order valence-electron chi connectivity index (χ0n) is 19.1. The van der Waals surface area contributed by atoms with E-state index in [2.05, 4.69) is 10.6 Å². The SMILES string of the molecule is CC(=O)Nc1ccc(F)c(NC(=O)c2cc(NC(=O)[C@H]3[C@H](c4ccc(Cl)c(Cl)c4)C3(Cl)Cl)ccc2F)c1F. The molecule has 3 N–H and O–H groups in total. The molecule has 3 amide bonds. The van der Waals surface area contributed by atoms with Crippen LogP contribution in [-0.4, -0.2) is 22.1 Å². The van der Waals surface area contributed by atoms with Crippen LogP contribution in [0.5, 0.6) is 0 Å². The molecule has 3 aromatic carbocycles. The predicted octanol–water partition coefficient (Wildman–Crippen LogP) is 7.15. The van der Waals surface area contributed by atoms with Crippen molar-refractivity contribution in [3.63, 3.8) is 0 Å². The van der Waals surface area contributed by atoms with Crippen LogP contribution in [0.25, 0.3) is 0 Å². The van der Waals surface area contributed by atoms with Crippen molar-refractivity contribution in [2.45, 2.75) is 17.2 Å². The first-order valence-corrected chi connectivity index (χ1v) is 12.3. The van der Waals surface area contributed by atoms with Gasteiger partial charge in [0.2, 0.25) is 11.8 Å². The number of alkyl halides is 2. The lowest BCUT2D eigenvalue weighted by molar-refractivity contribution is -0.117. The Bertz CT molecular complexity index is 1490. The average molecular weight is 605 g/mol. The first kappa shape index (κ1) is 28.0. The van der Waals surface area contributed by atoms with Crippen molar-refractivity contribution in [1.29, 1.82) is 0 Å². The fraction of sp³-hybridized carbons (Fsp3) is 0.160. The summed E-state index contributed by atoms with van der Waals surface area (Å²) in [7, 11) is 0. The Morgan fingerprint density at radius 3 is 2.18 bits per heavy atom. The minimum atomic E-state index is -1.46. The van der Waals surface area contributed by atoms with Gasteiger partial charge in [0.05, 0.1) is 27.2 Å². The highest BCUT2D eigenvalue weighted by molar-refractivity contribution is 6.53. The molecule has 1 aliphatic carbocycles. The third-order valence-electron chi connectivity index (χ3n) is 5.76. The van der Waals surface area contributed by atoms with Gasteiger partial charge in [-0.05, 0) is 48.0 Å². The van der Waals surface area contributed by atoms with E-state index in [9.17, 15) is 27.6 Å². The highest BCUT2D eigenvalue weighted by Gasteiger charge is 2.67. The molecule has 1 fully saturated rings. The van der Waals surface area contributed by atoms with Crippen LogP contribution in [0.4, 0.5) is 30.2 Å². The van der Waals surface area contributed by atoms with Crippen molar-refractivity contribution in [2.75, 3.05) is 16.0 Å². The highest BCUT2D eigenvalue weighted by atomic mass is 35.5. The molecule has 0 bridgehead atoms. The minimum Gasteiger partial charge on any atom is -0.326 e. The van der Waals surface area contributed by atoms with Gasteiger partial charge >= 0.3 is 0 Å². The molecule has 2 atom stereocenters. The van der Waals surface area contributed by atoms with E-state index in [1.54, 1.807) is 18.2 Å². The van der Waals surface area contributed by atoms with Crippen molar-refractivity contribution in [2.24, 2.45) is 5.92 Å². The Balaban J connectivity index is 1.53. The van der Waals surface area contributed by atoms with Crippen molar-refractivity contribution < 1.29 is 27.6 Å². The minimum absolute atomic E-state index is 0.00147. The van der Waals surface area contributed by atoms with Gasteiger partial charge in [0, 0.05) is 18.5 Å².